The lowest BCUT2D eigenvalue weighted by atomic mass is 10.1. The summed E-state index contributed by atoms with van der Waals surface area (Å²) in [5.74, 6) is -2.51. The molecule has 104 valence electrons. The summed E-state index contributed by atoms with van der Waals surface area (Å²) in [4.78, 5) is 36.3. The number of ether oxygens (including phenoxy) is 1. The van der Waals surface area contributed by atoms with Crippen LogP contribution in [0.15, 0.2) is 36.9 Å². The fraction of sp³-hybridized carbons (Fsp3) is 0.214. The number of carboxylic acid groups (broad SMARTS) is 1. The molecule has 6 nitrogen and oxygen atoms in total. The van der Waals surface area contributed by atoms with Gasteiger partial charge in [-0.25, -0.2) is 4.79 Å². The Balaban J connectivity index is 2.27. The van der Waals surface area contributed by atoms with Gasteiger partial charge in [0.25, 0.3) is 11.8 Å². The maximum Gasteiger partial charge on any atom is 0.329 e. The van der Waals surface area contributed by atoms with Crippen molar-refractivity contribution in [2.45, 2.75) is 6.04 Å². The summed E-state index contributed by atoms with van der Waals surface area (Å²) in [6, 6.07) is 4.90. The maximum atomic E-state index is 12.2. The van der Waals surface area contributed by atoms with Gasteiger partial charge in [0, 0.05) is 0 Å². The molecule has 2 amide bonds. The molecule has 1 aromatic rings. The van der Waals surface area contributed by atoms with E-state index in [1.807, 2.05) is 0 Å². The first-order valence-corrected chi connectivity index (χ1v) is 5.96. The predicted molar refractivity (Wildman–Crippen MR) is 69.4 cm³/mol. The van der Waals surface area contributed by atoms with Gasteiger partial charge in [-0.3, -0.25) is 14.5 Å². The van der Waals surface area contributed by atoms with Crippen molar-refractivity contribution in [3.8, 4) is 0 Å². The van der Waals surface area contributed by atoms with Crippen molar-refractivity contribution in [1.82, 2.24) is 4.90 Å². The number of fused-ring (bicyclic) bond motifs is 1. The van der Waals surface area contributed by atoms with Crippen molar-refractivity contribution < 1.29 is 24.2 Å². The summed E-state index contributed by atoms with van der Waals surface area (Å²) in [6.45, 7) is 3.32. The molecule has 2 rings (SSSR count). The number of hydrogen-bond donors (Lipinski definition) is 1. The SMILES string of the molecule is C=CCOC[C@@H](C(=O)O)N1C(=O)c2ccccc2C1=O. The van der Waals surface area contributed by atoms with Gasteiger partial charge in [-0.2, -0.15) is 0 Å². The molecule has 0 radical (unpaired) electrons. The topological polar surface area (TPSA) is 83.9 Å². The Morgan fingerprint density at radius 3 is 2.30 bits per heavy atom. The van der Waals surface area contributed by atoms with Crippen LogP contribution >= 0.6 is 0 Å². The Hall–Kier alpha value is -2.47. The zero-order valence-electron chi connectivity index (χ0n) is 10.6. The Bertz CT molecular complexity index is 546. The number of amides is 2. The van der Waals surface area contributed by atoms with Crippen molar-refractivity contribution in [2.75, 3.05) is 13.2 Å². The molecule has 0 unspecified atom stereocenters. The van der Waals surface area contributed by atoms with E-state index in [1.165, 1.54) is 18.2 Å². The second-order valence-corrected chi connectivity index (χ2v) is 4.21. The number of nitrogens with zero attached hydrogens (tertiary/aromatic N) is 1. The van der Waals surface area contributed by atoms with Crippen LogP contribution in [0.3, 0.4) is 0 Å². The highest BCUT2D eigenvalue weighted by Crippen LogP contribution is 2.24. The van der Waals surface area contributed by atoms with Crippen LogP contribution < -0.4 is 0 Å². The summed E-state index contributed by atoms with van der Waals surface area (Å²) in [5, 5.41) is 9.20. The van der Waals surface area contributed by atoms with E-state index < -0.39 is 23.8 Å². The fourth-order valence-electron chi connectivity index (χ4n) is 2.01. The van der Waals surface area contributed by atoms with Crippen molar-refractivity contribution in [1.29, 1.82) is 0 Å². The molecule has 0 fully saturated rings. The highest BCUT2D eigenvalue weighted by molar-refractivity contribution is 6.22. The fourth-order valence-corrected chi connectivity index (χ4v) is 2.01. The van der Waals surface area contributed by atoms with Gasteiger partial charge in [-0.15, -0.1) is 6.58 Å². The lowest BCUT2D eigenvalue weighted by Crippen LogP contribution is -2.47. The highest BCUT2D eigenvalue weighted by atomic mass is 16.5. The van der Waals surface area contributed by atoms with E-state index in [9.17, 15) is 19.5 Å². The lowest BCUT2D eigenvalue weighted by molar-refractivity contribution is -0.143. The van der Waals surface area contributed by atoms with Crippen molar-refractivity contribution in [2.24, 2.45) is 0 Å². The summed E-state index contributed by atoms with van der Waals surface area (Å²) in [7, 11) is 0. The number of rotatable bonds is 6. The van der Waals surface area contributed by atoms with Gasteiger partial charge in [0.15, 0.2) is 6.04 Å². The summed E-state index contributed by atoms with van der Waals surface area (Å²) >= 11 is 0. The lowest BCUT2D eigenvalue weighted by Gasteiger charge is -2.22. The van der Waals surface area contributed by atoms with Gasteiger partial charge in [-0.05, 0) is 12.1 Å². The zero-order chi connectivity index (χ0) is 14.7. The first-order chi connectivity index (χ1) is 9.57. The quantitative estimate of drug-likeness (QED) is 0.474. The second kappa shape index (κ2) is 5.66. The van der Waals surface area contributed by atoms with Gasteiger partial charge in [0.05, 0.1) is 24.3 Å². The van der Waals surface area contributed by atoms with E-state index in [4.69, 9.17) is 4.74 Å². The van der Waals surface area contributed by atoms with Gasteiger partial charge in [0.1, 0.15) is 0 Å². The molecule has 1 aromatic carbocycles. The first-order valence-electron chi connectivity index (χ1n) is 5.96. The molecule has 1 aliphatic heterocycles. The van der Waals surface area contributed by atoms with Crippen LogP contribution in [0.5, 0.6) is 0 Å². The van der Waals surface area contributed by atoms with Crippen LogP contribution in [0.4, 0.5) is 0 Å². The molecule has 1 heterocycles. The van der Waals surface area contributed by atoms with Crippen LogP contribution in [-0.2, 0) is 9.53 Å². The van der Waals surface area contributed by atoms with Crippen LogP contribution in [0.1, 0.15) is 20.7 Å². The molecular formula is C14H13NO5. The molecule has 0 aliphatic carbocycles. The van der Waals surface area contributed by atoms with Gasteiger partial charge in [0.2, 0.25) is 0 Å². The molecule has 1 atom stereocenters. The number of aliphatic carboxylic acids is 1. The van der Waals surface area contributed by atoms with E-state index in [1.54, 1.807) is 12.1 Å². The van der Waals surface area contributed by atoms with Crippen LogP contribution in [-0.4, -0.2) is 47.0 Å². The minimum atomic E-state index is -1.35. The minimum Gasteiger partial charge on any atom is -0.480 e. The van der Waals surface area contributed by atoms with Gasteiger partial charge >= 0.3 is 5.97 Å². The Kier molecular flexibility index (Phi) is 3.95. The zero-order valence-corrected chi connectivity index (χ0v) is 10.6. The van der Waals surface area contributed by atoms with Crippen LogP contribution in [0.25, 0.3) is 0 Å². The average molecular weight is 275 g/mol. The molecule has 0 aromatic heterocycles. The molecule has 0 bridgehead atoms. The third-order valence-corrected chi connectivity index (χ3v) is 2.93. The van der Waals surface area contributed by atoms with Gasteiger partial charge in [-0.1, -0.05) is 18.2 Å². The second-order valence-electron chi connectivity index (χ2n) is 4.21. The molecule has 1 aliphatic rings. The normalized spacial score (nSPS) is 15.1. The third kappa shape index (κ3) is 2.33. The minimum absolute atomic E-state index is 0.146. The third-order valence-electron chi connectivity index (χ3n) is 2.93. The van der Waals surface area contributed by atoms with E-state index in [0.29, 0.717) is 0 Å². The molecule has 0 saturated heterocycles. The van der Waals surface area contributed by atoms with E-state index >= 15 is 0 Å². The van der Waals surface area contributed by atoms with Crippen LogP contribution in [0.2, 0.25) is 0 Å². The number of benzene rings is 1. The standard InChI is InChI=1S/C14H13NO5/c1-2-7-20-8-11(14(18)19)15-12(16)9-5-3-4-6-10(9)13(15)17/h2-6,11H,1,7-8H2,(H,18,19)/t11-/m0/s1. The Morgan fingerprint density at radius 2 is 1.85 bits per heavy atom. The molecule has 0 spiro atoms. The average Bonchev–Trinajstić information content (AvgIpc) is 2.68. The van der Waals surface area contributed by atoms with Crippen molar-refractivity contribution >= 4 is 17.8 Å². The largest absolute Gasteiger partial charge is 0.480 e. The summed E-state index contributed by atoms with van der Waals surface area (Å²) in [5.41, 5.74) is 0.431. The summed E-state index contributed by atoms with van der Waals surface area (Å²) in [6.07, 6.45) is 1.46. The molecule has 20 heavy (non-hydrogen) atoms. The molecule has 6 heteroatoms. The van der Waals surface area contributed by atoms with Crippen LogP contribution in [0, 0.1) is 0 Å². The number of carboxylic acids is 1. The Morgan fingerprint density at radius 1 is 1.30 bits per heavy atom. The highest BCUT2D eigenvalue weighted by Gasteiger charge is 2.42. The van der Waals surface area contributed by atoms with E-state index in [2.05, 4.69) is 6.58 Å². The maximum absolute atomic E-state index is 12.2. The molecule has 1 N–H and O–H groups in total. The number of hydrogen-bond acceptors (Lipinski definition) is 4. The number of carbonyl (C=O) groups is 3. The number of imide groups is 1. The molecular weight excluding hydrogens is 262 g/mol. The first kappa shape index (κ1) is 14.0. The van der Waals surface area contributed by atoms with Crippen molar-refractivity contribution in [3.63, 3.8) is 0 Å². The summed E-state index contributed by atoms with van der Waals surface area (Å²) < 4.78 is 5.07. The molecule has 0 saturated carbocycles. The van der Waals surface area contributed by atoms with E-state index in [0.717, 1.165) is 4.90 Å². The predicted octanol–water partition coefficient (Wildman–Crippen LogP) is 0.938. The monoisotopic (exact) mass is 275 g/mol. The number of carbonyl (C=O) groups excluding carboxylic acids is 2. The van der Waals surface area contributed by atoms with Gasteiger partial charge < -0.3 is 9.84 Å². The smallest absolute Gasteiger partial charge is 0.329 e. The van der Waals surface area contributed by atoms with Crippen molar-refractivity contribution in [3.05, 3.63) is 48.0 Å². The Labute approximate surface area is 115 Å². The van der Waals surface area contributed by atoms with E-state index in [-0.39, 0.29) is 24.3 Å².